The van der Waals surface area contributed by atoms with E-state index in [0.717, 1.165) is 11.5 Å². The smallest absolute Gasteiger partial charge is 0.311 e. The van der Waals surface area contributed by atoms with Crippen molar-refractivity contribution in [3.8, 4) is 5.69 Å². The number of aryl methyl sites for hydroxylation is 2. The molecule has 0 aliphatic carbocycles. The van der Waals surface area contributed by atoms with Crippen LogP contribution in [0.5, 0.6) is 0 Å². The Morgan fingerprint density at radius 3 is 2.69 bits per heavy atom. The van der Waals surface area contributed by atoms with Crippen molar-refractivity contribution in [2.45, 2.75) is 32.3 Å². The summed E-state index contributed by atoms with van der Waals surface area (Å²) in [6, 6.07) is 8.03. The van der Waals surface area contributed by atoms with Crippen LogP contribution in [0.4, 0.5) is 5.13 Å². The maximum absolute atomic E-state index is 12.3. The number of carbonyl (C=O) groups is 2. The molecule has 0 unspecified atom stereocenters. The number of nitrogens with one attached hydrogen (secondary N) is 1. The summed E-state index contributed by atoms with van der Waals surface area (Å²) in [6.07, 6.45) is 0.0912. The van der Waals surface area contributed by atoms with Gasteiger partial charge in [0.05, 0.1) is 24.5 Å². The molecule has 8 nitrogen and oxygen atoms in total. The number of ether oxygens (including phenoxy) is 1. The van der Waals surface area contributed by atoms with E-state index in [1.807, 2.05) is 42.7 Å². The Balaban J connectivity index is 1.59. The Kier molecular flexibility index (Phi) is 6.99. The molecule has 0 fully saturated rings. The second-order valence-electron chi connectivity index (χ2n) is 6.16. The Bertz CT molecular complexity index is 998. The Morgan fingerprint density at radius 1 is 1.21 bits per heavy atom. The summed E-state index contributed by atoms with van der Waals surface area (Å²) in [7, 11) is 0. The highest BCUT2D eigenvalue weighted by Crippen LogP contribution is 2.23. The third kappa shape index (κ3) is 5.64. The molecule has 152 valence electrons. The van der Waals surface area contributed by atoms with Crippen LogP contribution in [0, 0.1) is 13.8 Å². The zero-order chi connectivity index (χ0) is 20.8. The molecule has 0 saturated heterocycles. The molecule has 3 rings (SSSR count). The van der Waals surface area contributed by atoms with Gasteiger partial charge >= 0.3 is 5.97 Å². The van der Waals surface area contributed by atoms with Crippen molar-refractivity contribution in [2.75, 3.05) is 17.7 Å². The zero-order valence-corrected chi connectivity index (χ0v) is 18.0. The number of esters is 1. The predicted molar refractivity (Wildman–Crippen MR) is 113 cm³/mol. The van der Waals surface area contributed by atoms with Crippen LogP contribution in [0.1, 0.15) is 24.0 Å². The number of aromatic nitrogens is 4. The molecule has 1 amide bonds. The molecule has 0 aliphatic heterocycles. The van der Waals surface area contributed by atoms with Crippen LogP contribution in [-0.2, 0) is 20.7 Å². The van der Waals surface area contributed by atoms with E-state index in [-0.39, 0.29) is 24.1 Å². The SMILES string of the molecule is CCOC(=O)Cc1csc(NC(=O)CSc2nnc(C)n2-c2ccc(C)cc2)n1. The van der Waals surface area contributed by atoms with Crippen LogP contribution < -0.4 is 5.32 Å². The van der Waals surface area contributed by atoms with Crippen LogP contribution in [0.3, 0.4) is 0 Å². The molecular weight excluding hydrogens is 410 g/mol. The van der Waals surface area contributed by atoms with Gasteiger partial charge in [-0.3, -0.25) is 14.2 Å². The molecule has 0 spiro atoms. The van der Waals surface area contributed by atoms with Crippen molar-refractivity contribution < 1.29 is 14.3 Å². The van der Waals surface area contributed by atoms with Crippen molar-refractivity contribution in [2.24, 2.45) is 0 Å². The summed E-state index contributed by atoms with van der Waals surface area (Å²) < 4.78 is 6.81. The first kappa shape index (κ1) is 21.0. The van der Waals surface area contributed by atoms with E-state index in [1.54, 1.807) is 12.3 Å². The standard InChI is InChI=1S/C19H21N5O3S2/c1-4-27-17(26)9-14-10-28-18(20-14)21-16(25)11-29-19-23-22-13(3)24(19)15-7-5-12(2)6-8-15/h5-8,10H,4,9,11H2,1-3H3,(H,20,21,25). The quantitative estimate of drug-likeness (QED) is 0.432. The summed E-state index contributed by atoms with van der Waals surface area (Å²) >= 11 is 2.57. The van der Waals surface area contributed by atoms with Gasteiger partial charge in [-0.2, -0.15) is 0 Å². The minimum atomic E-state index is -0.336. The lowest BCUT2D eigenvalue weighted by molar-refractivity contribution is -0.142. The Labute approximate surface area is 176 Å². The molecule has 1 aromatic carbocycles. The number of anilines is 1. The fraction of sp³-hybridized carbons (Fsp3) is 0.316. The van der Waals surface area contributed by atoms with Gasteiger partial charge in [0.2, 0.25) is 5.91 Å². The van der Waals surface area contributed by atoms with E-state index in [4.69, 9.17) is 4.74 Å². The number of nitrogens with zero attached hydrogens (tertiary/aromatic N) is 4. The third-order valence-corrected chi connectivity index (χ3v) is 5.58. The van der Waals surface area contributed by atoms with Crippen LogP contribution in [0.2, 0.25) is 0 Å². The zero-order valence-electron chi connectivity index (χ0n) is 16.3. The molecule has 2 heterocycles. The average molecular weight is 432 g/mol. The monoisotopic (exact) mass is 431 g/mol. The van der Waals surface area contributed by atoms with Crippen molar-refractivity contribution in [3.05, 3.63) is 46.7 Å². The van der Waals surface area contributed by atoms with Gasteiger partial charge in [0, 0.05) is 11.1 Å². The first-order chi connectivity index (χ1) is 14.0. The Hall–Kier alpha value is -2.72. The second kappa shape index (κ2) is 9.66. The van der Waals surface area contributed by atoms with E-state index < -0.39 is 0 Å². The Morgan fingerprint density at radius 2 is 1.97 bits per heavy atom. The first-order valence-corrected chi connectivity index (χ1v) is 10.8. The summed E-state index contributed by atoms with van der Waals surface area (Å²) in [6.45, 7) is 5.98. The average Bonchev–Trinajstić information content (AvgIpc) is 3.27. The molecule has 0 atom stereocenters. The lowest BCUT2D eigenvalue weighted by atomic mass is 10.2. The van der Waals surface area contributed by atoms with Crippen molar-refractivity contribution >= 4 is 40.1 Å². The molecule has 2 aromatic heterocycles. The third-order valence-electron chi connectivity index (χ3n) is 3.85. The molecular formula is C19H21N5O3S2. The van der Waals surface area contributed by atoms with Crippen molar-refractivity contribution in [3.63, 3.8) is 0 Å². The van der Waals surface area contributed by atoms with E-state index in [2.05, 4.69) is 20.5 Å². The summed E-state index contributed by atoms with van der Waals surface area (Å²) in [5.74, 6) is 0.372. The molecule has 1 N–H and O–H groups in total. The molecule has 0 bridgehead atoms. The van der Waals surface area contributed by atoms with Crippen molar-refractivity contribution in [1.82, 2.24) is 19.7 Å². The summed E-state index contributed by atoms with van der Waals surface area (Å²) in [5.41, 5.74) is 2.69. The van der Waals surface area contributed by atoms with Crippen LogP contribution in [0.15, 0.2) is 34.8 Å². The number of amides is 1. The minimum Gasteiger partial charge on any atom is -0.466 e. The van der Waals surface area contributed by atoms with E-state index in [1.165, 1.54) is 28.7 Å². The molecule has 10 heteroatoms. The number of carbonyl (C=O) groups excluding carboxylic acids is 2. The van der Waals surface area contributed by atoms with Crippen LogP contribution in [0.25, 0.3) is 5.69 Å². The van der Waals surface area contributed by atoms with Gasteiger partial charge in [-0.15, -0.1) is 21.5 Å². The van der Waals surface area contributed by atoms with Gasteiger partial charge in [0.1, 0.15) is 5.82 Å². The molecule has 3 aromatic rings. The van der Waals surface area contributed by atoms with Gasteiger partial charge in [-0.1, -0.05) is 29.5 Å². The van der Waals surface area contributed by atoms with E-state index in [0.29, 0.717) is 22.6 Å². The number of benzene rings is 1. The van der Waals surface area contributed by atoms with Crippen LogP contribution in [-0.4, -0.2) is 44.0 Å². The van der Waals surface area contributed by atoms with Gasteiger partial charge < -0.3 is 10.1 Å². The molecule has 0 radical (unpaired) electrons. The highest BCUT2D eigenvalue weighted by Gasteiger charge is 2.15. The maximum atomic E-state index is 12.3. The van der Waals surface area contributed by atoms with Gasteiger partial charge in [0.15, 0.2) is 10.3 Å². The fourth-order valence-electron chi connectivity index (χ4n) is 2.52. The van der Waals surface area contributed by atoms with Gasteiger partial charge in [0.25, 0.3) is 0 Å². The number of hydrogen-bond donors (Lipinski definition) is 1. The highest BCUT2D eigenvalue weighted by atomic mass is 32.2. The second-order valence-corrected chi connectivity index (χ2v) is 7.96. The number of hydrogen-bond acceptors (Lipinski definition) is 8. The minimum absolute atomic E-state index is 0.0912. The summed E-state index contributed by atoms with van der Waals surface area (Å²) in [5, 5.41) is 13.9. The molecule has 0 saturated carbocycles. The lowest BCUT2D eigenvalue weighted by Gasteiger charge is -2.08. The highest BCUT2D eigenvalue weighted by molar-refractivity contribution is 7.99. The topological polar surface area (TPSA) is 99.0 Å². The lowest BCUT2D eigenvalue weighted by Crippen LogP contribution is -2.15. The number of thiazole rings is 1. The van der Waals surface area contributed by atoms with Crippen molar-refractivity contribution in [1.29, 1.82) is 0 Å². The van der Waals surface area contributed by atoms with Crippen LogP contribution >= 0.6 is 23.1 Å². The number of rotatable bonds is 8. The van der Waals surface area contributed by atoms with Gasteiger partial charge in [-0.05, 0) is 32.9 Å². The number of thioether (sulfide) groups is 1. The predicted octanol–water partition coefficient (Wildman–Crippen LogP) is 3.18. The van der Waals surface area contributed by atoms with E-state index in [9.17, 15) is 9.59 Å². The maximum Gasteiger partial charge on any atom is 0.311 e. The molecule has 29 heavy (non-hydrogen) atoms. The van der Waals surface area contributed by atoms with Gasteiger partial charge in [-0.25, -0.2) is 4.98 Å². The summed E-state index contributed by atoms with van der Waals surface area (Å²) in [4.78, 5) is 28.1. The van der Waals surface area contributed by atoms with E-state index >= 15 is 0 Å². The fourth-order valence-corrected chi connectivity index (χ4v) is 4.04. The normalized spacial score (nSPS) is 10.7. The first-order valence-electron chi connectivity index (χ1n) is 8.98. The molecule has 0 aliphatic rings. The largest absolute Gasteiger partial charge is 0.466 e.